The van der Waals surface area contributed by atoms with Gasteiger partial charge in [-0.3, -0.25) is 0 Å². The van der Waals surface area contributed by atoms with Crippen LogP contribution in [-0.2, 0) is 24.6 Å². The predicted molar refractivity (Wildman–Crippen MR) is 157 cm³/mol. The van der Waals surface area contributed by atoms with Gasteiger partial charge in [-0.15, -0.1) is 0 Å². The van der Waals surface area contributed by atoms with Crippen LogP contribution in [0, 0.1) is 0 Å². The molecule has 0 saturated carbocycles. The Kier molecular flexibility index (Phi) is 9.90. The molecule has 0 radical (unpaired) electrons. The van der Waals surface area contributed by atoms with Gasteiger partial charge in [0.15, 0.2) is 18.2 Å². The van der Waals surface area contributed by atoms with Crippen molar-refractivity contribution in [3.8, 4) is 0 Å². The summed E-state index contributed by atoms with van der Waals surface area (Å²) < 4.78 is 19.7. The zero-order chi connectivity index (χ0) is 27.6. The number of allylic oxidation sites excluding steroid dienone is 1. The minimum Gasteiger partial charge on any atom is -0.357 e. The number of unbranched alkanes of at least 4 members (excludes halogenated alkanes) is 5. The normalized spacial score (nSPS) is 20.8. The topological polar surface area (TPSA) is 44.8 Å². The highest BCUT2D eigenvalue weighted by Gasteiger charge is 2.53. The second-order valence-corrected chi connectivity index (χ2v) is 10.8. The molecule has 0 N–H and O–H groups in total. The molecular formula is C35H42O4. The Labute approximate surface area is 234 Å². The van der Waals surface area contributed by atoms with Gasteiger partial charge in [-0.2, -0.15) is 0 Å². The fourth-order valence-electron chi connectivity index (χ4n) is 5.51. The van der Waals surface area contributed by atoms with E-state index >= 15 is 0 Å². The molecule has 0 aliphatic carbocycles. The lowest BCUT2D eigenvalue weighted by atomic mass is 9.80. The van der Waals surface area contributed by atoms with Gasteiger partial charge in [-0.1, -0.05) is 136 Å². The molecule has 4 heteroatoms. The number of carbonyl (C=O) groups is 1. The highest BCUT2D eigenvalue weighted by Crippen LogP contribution is 2.44. The summed E-state index contributed by atoms with van der Waals surface area (Å²) in [6.07, 6.45) is 11.1. The molecule has 1 heterocycles. The average molecular weight is 527 g/mol. The van der Waals surface area contributed by atoms with Crippen LogP contribution in [0.15, 0.2) is 103 Å². The van der Waals surface area contributed by atoms with E-state index in [1.54, 1.807) is 0 Å². The maximum absolute atomic E-state index is 12.4. The highest BCUT2D eigenvalue weighted by molar-refractivity contribution is 5.60. The van der Waals surface area contributed by atoms with E-state index in [1.165, 1.54) is 25.7 Å². The summed E-state index contributed by atoms with van der Waals surface area (Å²) in [5, 5.41) is 0. The number of benzene rings is 3. The predicted octanol–water partition coefficient (Wildman–Crippen LogP) is 8.00. The minimum absolute atomic E-state index is 0.130. The molecule has 1 fully saturated rings. The van der Waals surface area contributed by atoms with Gasteiger partial charge in [0.2, 0.25) is 0 Å². The minimum atomic E-state index is -1.06. The van der Waals surface area contributed by atoms with E-state index in [0.29, 0.717) is 0 Å². The average Bonchev–Trinajstić information content (AvgIpc) is 3.24. The Balaban J connectivity index is 1.74. The Morgan fingerprint density at radius 2 is 1.31 bits per heavy atom. The van der Waals surface area contributed by atoms with Crippen LogP contribution in [0.4, 0.5) is 0 Å². The summed E-state index contributed by atoms with van der Waals surface area (Å²) in [7, 11) is 0. The van der Waals surface area contributed by atoms with E-state index in [9.17, 15) is 4.79 Å². The van der Waals surface area contributed by atoms with E-state index in [4.69, 9.17) is 14.2 Å². The molecule has 2 atom stereocenters. The number of aldehydes is 1. The van der Waals surface area contributed by atoms with Gasteiger partial charge in [0.05, 0.1) is 6.61 Å². The largest absolute Gasteiger partial charge is 0.357 e. The quantitative estimate of drug-likeness (QED) is 0.0924. The van der Waals surface area contributed by atoms with E-state index < -0.39 is 23.1 Å². The summed E-state index contributed by atoms with van der Waals surface area (Å²) in [4.78, 5) is 12.4. The Hall–Kier alpha value is -3.05. The lowest BCUT2D eigenvalue weighted by Crippen LogP contribution is -2.47. The molecule has 1 saturated heterocycles. The molecule has 0 amide bonds. The first-order valence-corrected chi connectivity index (χ1v) is 14.3. The van der Waals surface area contributed by atoms with Crippen molar-refractivity contribution in [2.45, 2.75) is 82.4 Å². The number of carbonyl (C=O) groups excluding carboxylic acids is 1. The van der Waals surface area contributed by atoms with Crippen molar-refractivity contribution < 1.29 is 19.0 Å². The highest BCUT2D eigenvalue weighted by atomic mass is 16.8. The van der Waals surface area contributed by atoms with Gasteiger partial charge >= 0.3 is 0 Å². The molecule has 3 aromatic rings. The van der Waals surface area contributed by atoms with Crippen LogP contribution in [0.5, 0.6) is 0 Å². The number of hydrogen-bond acceptors (Lipinski definition) is 4. The lowest BCUT2D eigenvalue weighted by molar-refractivity contribution is -0.170. The van der Waals surface area contributed by atoms with Crippen molar-refractivity contribution in [2.75, 3.05) is 6.61 Å². The first-order valence-electron chi connectivity index (χ1n) is 14.3. The second kappa shape index (κ2) is 13.3. The third kappa shape index (κ3) is 6.75. The number of ether oxygens (including phenoxy) is 3. The monoisotopic (exact) mass is 526 g/mol. The maximum atomic E-state index is 12.4. The van der Waals surface area contributed by atoms with E-state index in [1.807, 2.05) is 74.5 Å². The molecule has 0 unspecified atom stereocenters. The van der Waals surface area contributed by atoms with E-state index in [0.717, 1.165) is 35.8 Å². The molecule has 4 rings (SSSR count). The van der Waals surface area contributed by atoms with Gasteiger partial charge < -0.3 is 19.0 Å². The van der Waals surface area contributed by atoms with Crippen LogP contribution in [0.2, 0.25) is 0 Å². The van der Waals surface area contributed by atoms with Crippen LogP contribution in [0.3, 0.4) is 0 Å². The van der Waals surface area contributed by atoms with Crippen LogP contribution >= 0.6 is 0 Å². The lowest BCUT2D eigenvalue weighted by Gasteiger charge is -2.39. The van der Waals surface area contributed by atoms with Crippen molar-refractivity contribution >= 4 is 6.29 Å². The van der Waals surface area contributed by atoms with Gasteiger partial charge in [-0.25, -0.2) is 0 Å². The molecule has 0 spiro atoms. The zero-order valence-corrected chi connectivity index (χ0v) is 23.6. The van der Waals surface area contributed by atoms with Crippen LogP contribution in [-0.4, -0.2) is 30.4 Å². The molecule has 1 aliphatic heterocycles. The number of rotatable bonds is 14. The summed E-state index contributed by atoms with van der Waals surface area (Å²) in [6, 6.07) is 30.7. The van der Waals surface area contributed by atoms with Gasteiger partial charge in [0.1, 0.15) is 11.2 Å². The Bertz CT molecular complexity index is 1080. The van der Waals surface area contributed by atoms with Crippen molar-refractivity contribution in [2.24, 2.45) is 0 Å². The third-order valence-corrected chi connectivity index (χ3v) is 7.38. The summed E-state index contributed by atoms with van der Waals surface area (Å²) in [5.41, 5.74) is 1.02. The first-order chi connectivity index (χ1) is 19.0. The fraction of sp³-hybridized carbons (Fsp3) is 0.400. The molecule has 1 aliphatic rings. The van der Waals surface area contributed by atoms with Crippen LogP contribution in [0.1, 0.15) is 76.0 Å². The smallest absolute Gasteiger partial charge is 0.165 e. The molecule has 4 nitrogen and oxygen atoms in total. The van der Waals surface area contributed by atoms with Gasteiger partial charge in [0, 0.05) is 0 Å². The molecule has 3 aromatic carbocycles. The van der Waals surface area contributed by atoms with Crippen molar-refractivity contribution in [1.29, 1.82) is 0 Å². The fourth-order valence-corrected chi connectivity index (χ4v) is 5.51. The molecule has 206 valence electrons. The van der Waals surface area contributed by atoms with E-state index in [-0.39, 0.29) is 6.61 Å². The summed E-state index contributed by atoms with van der Waals surface area (Å²) in [6.45, 7) is 6.05. The second-order valence-electron chi connectivity index (χ2n) is 10.8. The zero-order valence-electron chi connectivity index (χ0n) is 23.6. The van der Waals surface area contributed by atoms with Crippen LogP contribution < -0.4 is 0 Å². The van der Waals surface area contributed by atoms with Gasteiger partial charge in [-0.05, 0) is 43.4 Å². The number of hydrogen-bond donors (Lipinski definition) is 0. The maximum Gasteiger partial charge on any atom is 0.165 e. The van der Waals surface area contributed by atoms with Gasteiger partial charge in [0.25, 0.3) is 0 Å². The van der Waals surface area contributed by atoms with E-state index in [2.05, 4.69) is 49.4 Å². The first kappa shape index (κ1) is 28.9. The molecular weight excluding hydrogens is 484 g/mol. The Morgan fingerprint density at radius 1 is 0.795 bits per heavy atom. The summed E-state index contributed by atoms with van der Waals surface area (Å²) >= 11 is 0. The molecule has 0 aromatic heterocycles. The molecule has 39 heavy (non-hydrogen) atoms. The third-order valence-electron chi connectivity index (χ3n) is 7.38. The standard InChI is InChI=1S/C35H42O4/c1-4-5-6-7-8-9-19-26-34(32(27-36)38-33(2,3)39-34)28-37-35(29-20-13-10-14-21-29,30-22-15-11-16-23-30)31-24-17-12-18-25-31/h10-27,32H,4-9,28H2,1-3H3/b26-19-/t32-,34-/m0/s1. The Morgan fingerprint density at radius 3 is 1.79 bits per heavy atom. The van der Waals surface area contributed by atoms with Crippen molar-refractivity contribution in [3.63, 3.8) is 0 Å². The SMILES string of the molecule is CCCCCCC/C=C\[C@@]1(COC(c2ccccc2)(c2ccccc2)c2ccccc2)OC(C)(C)O[C@H]1C=O. The van der Waals surface area contributed by atoms with Crippen LogP contribution in [0.25, 0.3) is 0 Å². The van der Waals surface area contributed by atoms with Crippen molar-refractivity contribution in [3.05, 3.63) is 120 Å². The van der Waals surface area contributed by atoms with Crippen molar-refractivity contribution in [1.82, 2.24) is 0 Å². The molecule has 0 bridgehead atoms. The summed E-state index contributed by atoms with van der Waals surface area (Å²) in [5.74, 6) is -0.921.